The molecule has 0 aliphatic carbocycles. The van der Waals surface area contributed by atoms with Gasteiger partial charge in [0.25, 0.3) is 17.5 Å². The second-order valence-corrected chi connectivity index (χ2v) is 6.04. The first kappa shape index (κ1) is 18.9. The summed E-state index contributed by atoms with van der Waals surface area (Å²) in [6.07, 6.45) is 0. The second kappa shape index (κ2) is 7.39. The van der Waals surface area contributed by atoms with Crippen molar-refractivity contribution < 1.29 is 28.8 Å². The van der Waals surface area contributed by atoms with Gasteiger partial charge in [-0.15, -0.1) is 0 Å². The summed E-state index contributed by atoms with van der Waals surface area (Å²) in [6, 6.07) is 9.82. The lowest BCUT2D eigenvalue weighted by atomic mass is 10.1. The minimum absolute atomic E-state index is 0.131. The van der Waals surface area contributed by atoms with Crippen LogP contribution in [0.25, 0.3) is 0 Å². The Balaban J connectivity index is 1.63. The second-order valence-electron chi connectivity index (χ2n) is 6.04. The predicted molar refractivity (Wildman–Crippen MR) is 94.8 cm³/mol. The molecule has 0 saturated carbocycles. The summed E-state index contributed by atoms with van der Waals surface area (Å²) >= 11 is 0. The summed E-state index contributed by atoms with van der Waals surface area (Å²) in [4.78, 5) is 59.9. The largest absolute Gasteiger partial charge is 0.456 e. The lowest BCUT2D eigenvalue weighted by Crippen LogP contribution is -2.44. The van der Waals surface area contributed by atoms with Crippen LogP contribution in [-0.4, -0.2) is 46.0 Å². The van der Waals surface area contributed by atoms with E-state index in [1.807, 2.05) is 0 Å². The third-order valence-corrected chi connectivity index (χ3v) is 4.30. The molecule has 0 N–H and O–H groups in total. The average Bonchev–Trinajstić information content (AvgIpc) is 2.96. The van der Waals surface area contributed by atoms with Gasteiger partial charge in [-0.2, -0.15) is 0 Å². The molecule has 2 aromatic rings. The summed E-state index contributed by atoms with van der Waals surface area (Å²) in [5.41, 5.74) is 0.364. The number of non-ortho nitro benzene ring substituents is 1. The summed E-state index contributed by atoms with van der Waals surface area (Å²) < 4.78 is 4.94. The normalized spacial score (nSPS) is 13.8. The molecule has 0 fully saturated rings. The van der Waals surface area contributed by atoms with Crippen LogP contribution in [0.1, 0.15) is 38.0 Å². The maximum Gasteiger partial charge on any atom is 0.329 e. The van der Waals surface area contributed by atoms with Crippen LogP contribution in [-0.2, 0) is 9.53 Å². The van der Waals surface area contributed by atoms with Crippen molar-refractivity contribution in [1.29, 1.82) is 0 Å². The Hall–Kier alpha value is -3.88. The Morgan fingerprint density at radius 1 is 1.04 bits per heavy atom. The fourth-order valence-electron chi connectivity index (χ4n) is 2.77. The highest BCUT2D eigenvalue weighted by molar-refractivity contribution is 6.22. The fourth-order valence-corrected chi connectivity index (χ4v) is 2.77. The number of carbonyl (C=O) groups excluding carboxylic acids is 4. The van der Waals surface area contributed by atoms with Crippen molar-refractivity contribution in [3.8, 4) is 0 Å². The Morgan fingerprint density at radius 3 is 2.07 bits per heavy atom. The zero-order chi connectivity index (χ0) is 20.4. The zero-order valence-corrected chi connectivity index (χ0v) is 14.7. The highest BCUT2D eigenvalue weighted by atomic mass is 16.6. The first-order chi connectivity index (χ1) is 13.3. The lowest BCUT2D eigenvalue weighted by Gasteiger charge is -2.20. The molecular weight excluding hydrogens is 368 g/mol. The molecule has 0 unspecified atom stereocenters. The van der Waals surface area contributed by atoms with Gasteiger partial charge in [-0.05, 0) is 31.2 Å². The van der Waals surface area contributed by atoms with E-state index in [0.29, 0.717) is 0 Å². The van der Waals surface area contributed by atoms with E-state index in [2.05, 4.69) is 0 Å². The molecule has 2 aromatic carbocycles. The van der Waals surface area contributed by atoms with Gasteiger partial charge in [-0.3, -0.25) is 29.4 Å². The molecule has 0 aromatic heterocycles. The van der Waals surface area contributed by atoms with E-state index in [1.165, 1.54) is 31.2 Å². The zero-order valence-electron chi connectivity index (χ0n) is 14.7. The Morgan fingerprint density at radius 2 is 1.57 bits per heavy atom. The SMILES string of the molecule is C[C@H](C(=O)OCC(=O)c1ccc([N+](=O)[O-])cc1)N1C(=O)c2ccccc2C1=O. The van der Waals surface area contributed by atoms with Crippen LogP contribution >= 0.6 is 0 Å². The number of benzene rings is 2. The van der Waals surface area contributed by atoms with E-state index in [0.717, 1.165) is 17.0 Å². The smallest absolute Gasteiger partial charge is 0.329 e. The standard InChI is InChI=1S/C19H14N2O7/c1-11(20-17(23)14-4-2-3-5-15(14)18(20)24)19(25)28-10-16(22)12-6-8-13(9-7-12)21(26)27/h2-9,11H,10H2,1H3/t11-/m1/s1. The Kier molecular flexibility index (Phi) is 4.99. The molecule has 1 aliphatic heterocycles. The number of rotatable bonds is 6. The number of nitro groups is 1. The monoisotopic (exact) mass is 382 g/mol. The number of carbonyl (C=O) groups is 4. The van der Waals surface area contributed by atoms with Crippen LogP contribution in [0.4, 0.5) is 5.69 Å². The first-order valence-corrected chi connectivity index (χ1v) is 8.22. The summed E-state index contributed by atoms with van der Waals surface area (Å²) in [7, 11) is 0. The van der Waals surface area contributed by atoms with Crippen LogP contribution in [0.5, 0.6) is 0 Å². The topological polar surface area (TPSA) is 124 Å². The number of imide groups is 1. The van der Waals surface area contributed by atoms with Crippen LogP contribution < -0.4 is 0 Å². The highest BCUT2D eigenvalue weighted by Gasteiger charge is 2.41. The van der Waals surface area contributed by atoms with Crippen molar-refractivity contribution in [2.24, 2.45) is 0 Å². The molecule has 9 heteroatoms. The molecule has 3 rings (SSSR count). The molecule has 1 atom stereocenters. The van der Waals surface area contributed by atoms with Crippen molar-refractivity contribution in [2.45, 2.75) is 13.0 Å². The molecule has 0 radical (unpaired) electrons. The minimum atomic E-state index is -1.21. The van der Waals surface area contributed by atoms with E-state index in [1.54, 1.807) is 12.1 Å². The molecule has 9 nitrogen and oxygen atoms in total. The van der Waals surface area contributed by atoms with Gasteiger partial charge in [-0.1, -0.05) is 12.1 Å². The minimum Gasteiger partial charge on any atom is -0.456 e. The molecule has 0 saturated heterocycles. The van der Waals surface area contributed by atoms with E-state index in [-0.39, 0.29) is 22.4 Å². The van der Waals surface area contributed by atoms with Gasteiger partial charge in [0.2, 0.25) is 0 Å². The maximum absolute atomic E-state index is 12.4. The van der Waals surface area contributed by atoms with Crippen LogP contribution in [0.2, 0.25) is 0 Å². The molecule has 0 bridgehead atoms. The van der Waals surface area contributed by atoms with Gasteiger partial charge >= 0.3 is 5.97 Å². The fraction of sp³-hybridized carbons (Fsp3) is 0.158. The molecule has 1 aliphatic rings. The van der Waals surface area contributed by atoms with Crippen molar-refractivity contribution in [1.82, 2.24) is 4.90 Å². The number of ether oxygens (including phenoxy) is 1. The summed E-state index contributed by atoms with van der Waals surface area (Å²) in [5, 5.41) is 10.6. The van der Waals surface area contributed by atoms with Crippen LogP contribution in [0.15, 0.2) is 48.5 Å². The number of nitrogens with zero attached hydrogens (tertiary/aromatic N) is 2. The number of hydrogen-bond donors (Lipinski definition) is 0. The van der Waals surface area contributed by atoms with E-state index in [9.17, 15) is 29.3 Å². The van der Waals surface area contributed by atoms with Gasteiger partial charge in [0.1, 0.15) is 6.04 Å². The maximum atomic E-state index is 12.4. The van der Waals surface area contributed by atoms with Gasteiger partial charge < -0.3 is 4.74 Å². The van der Waals surface area contributed by atoms with Crippen molar-refractivity contribution in [3.05, 3.63) is 75.3 Å². The third kappa shape index (κ3) is 3.37. The molecule has 142 valence electrons. The number of fused-ring (bicyclic) bond motifs is 1. The number of ketones is 1. The van der Waals surface area contributed by atoms with Crippen LogP contribution in [0.3, 0.4) is 0 Å². The van der Waals surface area contributed by atoms with Crippen molar-refractivity contribution in [2.75, 3.05) is 6.61 Å². The molecule has 0 spiro atoms. The number of esters is 1. The number of Topliss-reactive ketones (excluding diaryl/α,β-unsaturated/α-hetero) is 1. The molecule has 2 amide bonds. The van der Waals surface area contributed by atoms with Gasteiger partial charge in [0.15, 0.2) is 12.4 Å². The third-order valence-electron chi connectivity index (χ3n) is 4.30. The molecular formula is C19H14N2O7. The number of nitro benzene ring substituents is 1. The number of hydrogen-bond acceptors (Lipinski definition) is 7. The first-order valence-electron chi connectivity index (χ1n) is 8.22. The van der Waals surface area contributed by atoms with Gasteiger partial charge in [0.05, 0.1) is 16.1 Å². The van der Waals surface area contributed by atoms with Crippen LogP contribution in [0, 0.1) is 10.1 Å². The average molecular weight is 382 g/mol. The van der Waals surface area contributed by atoms with E-state index in [4.69, 9.17) is 4.74 Å². The van der Waals surface area contributed by atoms with E-state index >= 15 is 0 Å². The Bertz CT molecular complexity index is 963. The van der Waals surface area contributed by atoms with Gasteiger partial charge in [-0.25, -0.2) is 4.79 Å². The van der Waals surface area contributed by atoms with E-state index < -0.39 is 41.1 Å². The quantitative estimate of drug-likeness (QED) is 0.246. The molecule has 28 heavy (non-hydrogen) atoms. The summed E-state index contributed by atoms with van der Waals surface area (Å²) in [5.74, 6) is -2.69. The lowest BCUT2D eigenvalue weighted by molar-refractivity contribution is -0.384. The predicted octanol–water partition coefficient (Wildman–Crippen LogP) is 2.01. The van der Waals surface area contributed by atoms with Gasteiger partial charge in [0, 0.05) is 17.7 Å². The highest BCUT2D eigenvalue weighted by Crippen LogP contribution is 2.24. The Labute approximate surface area is 158 Å². The van der Waals surface area contributed by atoms with Crippen molar-refractivity contribution in [3.63, 3.8) is 0 Å². The number of amides is 2. The summed E-state index contributed by atoms with van der Waals surface area (Å²) in [6.45, 7) is 0.713. The van der Waals surface area contributed by atoms with Crippen molar-refractivity contribution >= 4 is 29.3 Å². The molecule has 1 heterocycles.